The minimum atomic E-state index is 0.638. The number of rotatable bonds is 6. The van der Waals surface area contributed by atoms with E-state index in [9.17, 15) is 0 Å². The quantitative estimate of drug-likeness (QED) is 0.176. The lowest BCUT2D eigenvalue weighted by Crippen LogP contribution is -2.00. The summed E-state index contributed by atoms with van der Waals surface area (Å²) in [5.74, 6) is 1.93. The predicted octanol–water partition coefficient (Wildman–Crippen LogP) is 12.9. The Labute approximate surface area is 306 Å². The highest BCUT2D eigenvalue weighted by Crippen LogP contribution is 2.36. The molecular formula is C49H31N3O. The van der Waals surface area contributed by atoms with E-state index in [0.29, 0.717) is 17.5 Å². The lowest BCUT2D eigenvalue weighted by molar-refractivity contribution is 0.669. The second-order valence-corrected chi connectivity index (χ2v) is 13.3. The highest BCUT2D eigenvalue weighted by atomic mass is 16.3. The number of benzene rings is 8. The van der Waals surface area contributed by atoms with E-state index in [4.69, 9.17) is 19.4 Å². The van der Waals surface area contributed by atoms with Crippen LogP contribution in [0.3, 0.4) is 0 Å². The summed E-state index contributed by atoms with van der Waals surface area (Å²) in [5.41, 5.74) is 11.5. The molecule has 10 rings (SSSR count). The normalized spacial score (nSPS) is 11.4. The van der Waals surface area contributed by atoms with E-state index in [-0.39, 0.29) is 0 Å². The van der Waals surface area contributed by atoms with Gasteiger partial charge in [0.1, 0.15) is 11.2 Å². The van der Waals surface area contributed by atoms with Crippen LogP contribution >= 0.6 is 0 Å². The molecule has 10 aromatic rings. The molecule has 0 saturated carbocycles. The second-order valence-electron chi connectivity index (χ2n) is 13.3. The SMILES string of the molecule is c1ccc(-c2nc(-c3ccccc3)nc(-c3cccc(-c4cccc(-c5cccc(-c6ccc7oc8cc9ccccc9cc8c7c6)c5)c4)c3)n2)cc1. The molecule has 2 aromatic heterocycles. The number of hydrogen-bond donors (Lipinski definition) is 0. The van der Waals surface area contributed by atoms with Crippen molar-refractivity contribution in [1.29, 1.82) is 0 Å². The molecule has 0 atom stereocenters. The first kappa shape index (κ1) is 30.6. The average Bonchev–Trinajstić information content (AvgIpc) is 3.60. The van der Waals surface area contributed by atoms with Gasteiger partial charge in [0, 0.05) is 27.5 Å². The zero-order valence-corrected chi connectivity index (χ0v) is 28.6. The fourth-order valence-corrected chi connectivity index (χ4v) is 7.17. The summed E-state index contributed by atoms with van der Waals surface area (Å²) in [6.07, 6.45) is 0. The summed E-state index contributed by atoms with van der Waals surface area (Å²) in [5, 5.41) is 4.65. The van der Waals surface area contributed by atoms with Gasteiger partial charge in [-0.15, -0.1) is 0 Å². The van der Waals surface area contributed by atoms with E-state index < -0.39 is 0 Å². The largest absolute Gasteiger partial charge is 0.456 e. The van der Waals surface area contributed by atoms with Gasteiger partial charge in [-0.3, -0.25) is 0 Å². The van der Waals surface area contributed by atoms with Crippen LogP contribution in [0.15, 0.2) is 192 Å². The maximum Gasteiger partial charge on any atom is 0.164 e. The Bertz CT molecular complexity index is 2890. The minimum Gasteiger partial charge on any atom is -0.456 e. The summed E-state index contributed by atoms with van der Waals surface area (Å²) in [7, 11) is 0. The van der Waals surface area contributed by atoms with Crippen molar-refractivity contribution in [3.8, 4) is 67.5 Å². The van der Waals surface area contributed by atoms with Crippen LogP contribution in [0, 0.1) is 0 Å². The van der Waals surface area contributed by atoms with Crippen LogP contribution < -0.4 is 0 Å². The summed E-state index contributed by atoms with van der Waals surface area (Å²) in [4.78, 5) is 14.8. The Kier molecular flexibility index (Phi) is 7.43. The molecule has 0 fully saturated rings. The number of fused-ring (bicyclic) bond motifs is 4. The summed E-state index contributed by atoms with van der Waals surface area (Å²) < 4.78 is 6.28. The standard InChI is InChI=1S/C49H31N3O/c1-3-12-32(13-4-1)47-50-48(33-14-5-2-6-15-33)52-49(51-47)42-23-11-22-38(28-42)36-20-9-18-34(26-36)35-19-10-21-37(27-35)41-24-25-45-43(30-41)44-29-39-16-7-8-17-40(39)31-46(44)53-45/h1-31H. The van der Waals surface area contributed by atoms with Crippen LogP contribution in [0.1, 0.15) is 0 Å². The molecule has 0 saturated heterocycles. The summed E-state index contributed by atoms with van der Waals surface area (Å²) in [6.45, 7) is 0. The highest BCUT2D eigenvalue weighted by Gasteiger charge is 2.14. The fraction of sp³-hybridized carbons (Fsp3) is 0. The van der Waals surface area contributed by atoms with Gasteiger partial charge in [0.2, 0.25) is 0 Å². The maximum atomic E-state index is 6.28. The van der Waals surface area contributed by atoms with Crippen molar-refractivity contribution in [2.75, 3.05) is 0 Å². The predicted molar refractivity (Wildman–Crippen MR) is 217 cm³/mol. The van der Waals surface area contributed by atoms with Crippen molar-refractivity contribution in [1.82, 2.24) is 15.0 Å². The van der Waals surface area contributed by atoms with E-state index >= 15 is 0 Å². The molecule has 0 aliphatic carbocycles. The molecule has 0 aliphatic rings. The van der Waals surface area contributed by atoms with Crippen LogP contribution in [0.25, 0.3) is 100 Å². The molecule has 0 amide bonds. The van der Waals surface area contributed by atoms with E-state index in [1.54, 1.807) is 0 Å². The van der Waals surface area contributed by atoms with Crippen molar-refractivity contribution >= 4 is 32.7 Å². The van der Waals surface area contributed by atoms with Gasteiger partial charge in [-0.2, -0.15) is 0 Å². The van der Waals surface area contributed by atoms with Crippen LogP contribution in [-0.4, -0.2) is 15.0 Å². The summed E-state index contributed by atoms with van der Waals surface area (Å²) in [6, 6.07) is 65.4. The lowest BCUT2D eigenvalue weighted by Gasteiger charge is -2.11. The van der Waals surface area contributed by atoms with Gasteiger partial charge in [-0.25, -0.2) is 15.0 Å². The number of nitrogens with zero attached hydrogens (tertiary/aromatic N) is 3. The van der Waals surface area contributed by atoms with E-state index in [2.05, 4.69) is 127 Å². The topological polar surface area (TPSA) is 51.8 Å². The van der Waals surface area contributed by atoms with Gasteiger partial charge in [0.15, 0.2) is 17.5 Å². The first-order chi connectivity index (χ1) is 26.2. The van der Waals surface area contributed by atoms with E-state index in [0.717, 1.165) is 72.0 Å². The molecule has 4 nitrogen and oxygen atoms in total. The molecule has 53 heavy (non-hydrogen) atoms. The van der Waals surface area contributed by atoms with Crippen molar-refractivity contribution in [2.45, 2.75) is 0 Å². The Morgan fingerprint density at radius 2 is 0.660 bits per heavy atom. The van der Waals surface area contributed by atoms with E-state index in [1.807, 2.05) is 60.7 Å². The van der Waals surface area contributed by atoms with Crippen molar-refractivity contribution < 1.29 is 4.42 Å². The summed E-state index contributed by atoms with van der Waals surface area (Å²) >= 11 is 0. The first-order valence-electron chi connectivity index (χ1n) is 17.8. The first-order valence-corrected chi connectivity index (χ1v) is 17.8. The molecule has 0 unspecified atom stereocenters. The molecule has 8 aromatic carbocycles. The molecule has 0 bridgehead atoms. The maximum absolute atomic E-state index is 6.28. The van der Waals surface area contributed by atoms with E-state index in [1.165, 1.54) is 10.8 Å². The molecule has 248 valence electrons. The van der Waals surface area contributed by atoms with Crippen molar-refractivity contribution in [3.63, 3.8) is 0 Å². The van der Waals surface area contributed by atoms with Gasteiger partial charge in [-0.1, -0.05) is 146 Å². The third-order valence-electron chi connectivity index (χ3n) is 9.88. The smallest absolute Gasteiger partial charge is 0.164 e. The van der Waals surface area contributed by atoms with Gasteiger partial charge in [0.05, 0.1) is 0 Å². The zero-order chi connectivity index (χ0) is 35.1. The lowest BCUT2D eigenvalue weighted by atomic mass is 9.95. The molecule has 0 aliphatic heterocycles. The van der Waals surface area contributed by atoms with Gasteiger partial charge in [-0.05, 0) is 86.6 Å². The Balaban J connectivity index is 1.00. The number of furan rings is 1. The third-order valence-corrected chi connectivity index (χ3v) is 9.88. The Morgan fingerprint density at radius 1 is 0.264 bits per heavy atom. The molecule has 2 heterocycles. The molecule has 4 heteroatoms. The zero-order valence-electron chi connectivity index (χ0n) is 28.6. The van der Waals surface area contributed by atoms with Crippen LogP contribution in [0.4, 0.5) is 0 Å². The third kappa shape index (κ3) is 5.82. The van der Waals surface area contributed by atoms with Gasteiger partial charge in [0.25, 0.3) is 0 Å². The number of hydrogen-bond acceptors (Lipinski definition) is 4. The fourth-order valence-electron chi connectivity index (χ4n) is 7.17. The van der Waals surface area contributed by atoms with Gasteiger partial charge >= 0.3 is 0 Å². The Hall–Kier alpha value is -7.17. The number of aromatic nitrogens is 3. The molecule has 0 N–H and O–H groups in total. The molecular weight excluding hydrogens is 647 g/mol. The second kappa shape index (κ2) is 12.9. The Morgan fingerprint density at radius 3 is 1.21 bits per heavy atom. The highest BCUT2D eigenvalue weighted by molar-refractivity contribution is 6.11. The van der Waals surface area contributed by atoms with Crippen molar-refractivity contribution in [3.05, 3.63) is 188 Å². The van der Waals surface area contributed by atoms with Crippen molar-refractivity contribution in [2.24, 2.45) is 0 Å². The monoisotopic (exact) mass is 677 g/mol. The van der Waals surface area contributed by atoms with Gasteiger partial charge < -0.3 is 4.42 Å². The van der Waals surface area contributed by atoms with Crippen LogP contribution in [-0.2, 0) is 0 Å². The molecule has 0 radical (unpaired) electrons. The van der Waals surface area contributed by atoms with Crippen LogP contribution in [0.5, 0.6) is 0 Å². The molecule has 0 spiro atoms. The average molecular weight is 678 g/mol. The minimum absolute atomic E-state index is 0.638. The van der Waals surface area contributed by atoms with Crippen LogP contribution in [0.2, 0.25) is 0 Å².